The van der Waals surface area contributed by atoms with Crippen LogP contribution in [0.5, 0.6) is 0 Å². The van der Waals surface area contributed by atoms with E-state index in [-0.39, 0.29) is 16.8 Å². The molecule has 2 aromatic rings. The van der Waals surface area contributed by atoms with Gasteiger partial charge in [-0.2, -0.15) is 0 Å². The largest absolute Gasteiger partial charge is 0.461 e. The summed E-state index contributed by atoms with van der Waals surface area (Å²) in [7, 11) is 1.85. The lowest BCUT2D eigenvalue weighted by molar-refractivity contribution is 0.0515. The van der Waals surface area contributed by atoms with Crippen LogP contribution >= 0.6 is 0 Å². The number of imidazole rings is 1. The van der Waals surface area contributed by atoms with Gasteiger partial charge in [0, 0.05) is 7.05 Å². The van der Waals surface area contributed by atoms with Gasteiger partial charge in [0.1, 0.15) is 11.5 Å². The van der Waals surface area contributed by atoms with E-state index in [9.17, 15) is 4.79 Å². The topological polar surface area (TPSA) is 44.1 Å². The molecular formula is C25H34N2O2. The monoisotopic (exact) mass is 394 g/mol. The highest BCUT2D eigenvalue weighted by Crippen LogP contribution is 2.47. The van der Waals surface area contributed by atoms with Gasteiger partial charge in [-0.15, -0.1) is 0 Å². The average molecular weight is 395 g/mol. The Bertz CT molecular complexity index is 977. The minimum Gasteiger partial charge on any atom is -0.461 e. The van der Waals surface area contributed by atoms with Crippen molar-refractivity contribution in [1.82, 2.24) is 9.55 Å². The van der Waals surface area contributed by atoms with Crippen LogP contribution in [0, 0.1) is 6.92 Å². The Morgan fingerprint density at radius 1 is 1.17 bits per heavy atom. The minimum atomic E-state index is -0.339. The molecule has 1 aromatic heterocycles. The summed E-state index contributed by atoms with van der Waals surface area (Å²) in [6, 6.07) is 4.76. The number of benzene rings is 1. The van der Waals surface area contributed by atoms with E-state index in [1.807, 2.05) is 7.05 Å². The maximum atomic E-state index is 12.1. The molecule has 1 aliphatic rings. The molecule has 0 radical (unpaired) electrons. The number of nitrogens with zero attached hydrogens (tertiary/aromatic N) is 2. The van der Waals surface area contributed by atoms with Crippen LogP contribution in [0.2, 0.25) is 0 Å². The summed E-state index contributed by atoms with van der Waals surface area (Å²) in [5.41, 5.74) is 7.45. The van der Waals surface area contributed by atoms with Gasteiger partial charge in [0.2, 0.25) is 0 Å². The Morgan fingerprint density at radius 2 is 1.76 bits per heavy atom. The van der Waals surface area contributed by atoms with Crippen molar-refractivity contribution in [3.05, 3.63) is 52.1 Å². The molecule has 0 atom stereocenters. The Labute approximate surface area is 175 Å². The summed E-state index contributed by atoms with van der Waals surface area (Å²) in [6.45, 7) is 15.9. The second-order valence-electron chi connectivity index (χ2n) is 9.59. The fraction of sp³-hybridized carbons (Fsp3) is 0.520. The quantitative estimate of drug-likeness (QED) is 0.614. The lowest BCUT2D eigenvalue weighted by Gasteiger charge is -2.42. The molecule has 1 aromatic carbocycles. The number of hydrogen-bond acceptors (Lipinski definition) is 3. The molecule has 1 heterocycles. The number of aryl methyl sites for hydroxylation is 1. The molecule has 4 nitrogen and oxygen atoms in total. The highest BCUT2D eigenvalue weighted by molar-refractivity contribution is 5.88. The molecule has 0 unspecified atom stereocenters. The van der Waals surface area contributed by atoms with Crippen molar-refractivity contribution in [1.29, 1.82) is 0 Å². The normalized spacial score (nSPS) is 17.7. The van der Waals surface area contributed by atoms with E-state index in [4.69, 9.17) is 4.74 Å². The molecule has 0 bridgehead atoms. The molecule has 0 spiro atoms. The SMILES string of the molecule is CCOC(=O)c1cnc(/C=C(\C)c2cc3c(cc2C)C(C)(C)CCC3(C)C)n1C. The number of hydrogen-bond donors (Lipinski definition) is 0. The van der Waals surface area contributed by atoms with Crippen molar-refractivity contribution in [3.8, 4) is 0 Å². The first-order chi connectivity index (χ1) is 13.5. The molecule has 1 aliphatic carbocycles. The molecule has 0 aliphatic heterocycles. The van der Waals surface area contributed by atoms with Crippen molar-refractivity contribution in [2.24, 2.45) is 7.05 Å². The number of ether oxygens (including phenoxy) is 1. The van der Waals surface area contributed by atoms with Gasteiger partial charge in [0.15, 0.2) is 0 Å². The van der Waals surface area contributed by atoms with Crippen LogP contribution in [0.15, 0.2) is 18.3 Å². The number of rotatable bonds is 4. The molecule has 4 heteroatoms. The van der Waals surface area contributed by atoms with Gasteiger partial charge in [0.25, 0.3) is 0 Å². The van der Waals surface area contributed by atoms with E-state index in [0.29, 0.717) is 12.3 Å². The number of carbonyl (C=O) groups is 1. The highest BCUT2D eigenvalue weighted by atomic mass is 16.5. The number of carbonyl (C=O) groups excluding carboxylic acids is 1. The van der Waals surface area contributed by atoms with Crippen LogP contribution in [0.4, 0.5) is 0 Å². The maximum Gasteiger partial charge on any atom is 0.356 e. The number of esters is 1. The third-order valence-corrected chi connectivity index (χ3v) is 6.48. The molecule has 0 saturated heterocycles. The summed E-state index contributed by atoms with van der Waals surface area (Å²) in [4.78, 5) is 16.5. The number of allylic oxidation sites excluding steroid dienone is 1. The lowest BCUT2D eigenvalue weighted by Crippen LogP contribution is -2.34. The summed E-state index contributed by atoms with van der Waals surface area (Å²) < 4.78 is 6.91. The van der Waals surface area contributed by atoms with Gasteiger partial charge in [0.05, 0.1) is 12.8 Å². The van der Waals surface area contributed by atoms with Crippen molar-refractivity contribution in [2.45, 2.75) is 72.1 Å². The van der Waals surface area contributed by atoms with E-state index in [1.54, 1.807) is 17.7 Å². The molecule has 0 amide bonds. The van der Waals surface area contributed by atoms with Crippen molar-refractivity contribution < 1.29 is 9.53 Å². The van der Waals surface area contributed by atoms with Gasteiger partial charge in [-0.3, -0.25) is 0 Å². The number of aromatic nitrogens is 2. The fourth-order valence-corrected chi connectivity index (χ4v) is 4.37. The maximum absolute atomic E-state index is 12.1. The van der Waals surface area contributed by atoms with Crippen molar-refractivity contribution >= 4 is 17.6 Å². The van der Waals surface area contributed by atoms with Crippen molar-refractivity contribution in [3.63, 3.8) is 0 Å². The molecule has 0 N–H and O–H groups in total. The molecule has 0 fully saturated rings. The predicted molar refractivity (Wildman–Crippen MR) is 119 cm³/mol. The van der Waals surface area contributed by atoms with Crippen LogP contribution in [0.1, 0.15) is 93.0 Å². The van der Waals surface area contributed by atoms with Crippen LogP contribution < -0.4 is 0 Å². The van der Waals surface area contributed by atoms with E-state index >= 15 is 0 Å². The lowest BCUT2D eigenvalue weighted by atomic mass is 9.62. The summed E-state index contributed by atoms with van der Waals surface area (Å²) >= 11 is 0. The number of fused-ring (bicyclic) bond motifs is 1. The Morgan fingerprint density at radius 3 is 2.34 bits per heavy atom. The molecule has 3 rings (SSSR count). The molecule has 156 valence electrons. The van der Waals surface area contributed by atoms with Gasteiger partial charge in [-0.05, 0) is 78.3 Å². The molecular weight excluding hydrogens is 360 g/mol. The third-order valence-electron chi connectivity index (χ3n) is 6.48. The second-order valence-corrected chi connectivity index (χ2v) is 9.59. The summed E-state index contributed by atoms with van der Waals surface area (Å²) in [6.07, 6.45) is 6.05. The van der Waals surface area contributed by atoms with Gasteiger partial charge in [-0.1, -0.05) is 39.8 Å². The summed E-state index contributed by atoms with van der Waals surface area (Å²) in [5, 5.41) is 0. The first kappa shape index (κ1) is 21.4. The van der Waals surface area contributed by atoms with Crippen LogP contribution in [0.25, 0.3) is 11.6 Å². The smallest absolute Gasteiger partial charge is 0.356 e. The van der Waals surface area contributed by atoms with E-state index in [2.05, 4.69) is 64.7 Å². The van der Waals surface area contributed by atoms with E-state index < -0.39 is 0 Å². The molecule has 0 saturated carbocycles. The van der Waals surface area contributed by atoms with Crippen LogP contribution in [-0.2, 0) is 22.6 Å². The van der Waals surface area contributed by atoms with E-state index in [0.717, 1.165) is 11.4 Å². The zero-order valence-electron chi connectivity index (χ0n) is 19.1. The highest BCUT2D eigenvalue weighted by Gasteiger charge is 2.37. The molecule has 29 heavy (non-hydrogen) atoms. The van der Waals surface area contributed by atoms with Crippen LogP contribution in [0.3, 0.4) is 0 Å². The first-order valence-corrected chi connectivity index (χ1v) is 10.5. The van der Waals surface area contributed by atoms with Crippen LogP contribution in [-0.4, -0.2) is 22.1 Å². The predicted octanol–water partition coefficient (Wildman–Crippen LogP) is 5.81. The Kier molecular flexibility index (Phi) is 5.50. The second kappa shape index (κ2) is 7.47. The average Bonchev–Trinajstić information content (AvgIpc) is 2.99. The van der Waals surface area contributed by atoms with Gasteiger partial charge >= 0.3 is 5.97 Å². The Hall–Kier alpha value is -2.36. The Balaban J connectivity index is 2.05. The van der Waals surface area contributed by atoms with Crippen molar-refractivity contribution in [2.75, 3.05) is 6.61 Å². The zero-order chi connectivity index (χ0) is 21.6. The third kappa shape index (κ3) is 3.90. The first-order valence-electron chi connectivity index (χ1n) is 10.5. The summed E-state index contributed by atoms with van der Waals surface area (Å²) in [5.74, 6) is 0.413. The van der Waals surface area contributed by atoms with E-state index in [1.165, 1.54) is 35.1 Å². The minimum absolute atomic E-state index is 0.174. The standard InChI is InChI=1S/C25H34N2O2/c1-9-29-23(28)21-15-26-22(27(21)8)13-17(3)18-14-20-19(12-16(18)2)24(4,5)10-11-25(20,6)7/h12-15H,9-11H2,1-8H3/b17-13+. The zero-order valence-corrected chi connectivity index (χ0v) is 19.1. The fourth-order valence-electron chi connectivity index (χ4n) is 4.37. The van der Waals surface area contributed by atoms with Gasteiger partial charge < -0.3 is 9.30 Å². The van der Waals surface area contributed by atoms with Gasteiger partial charge in [-0.25, -0.2) is 9.78 Å².